The maximum absolute atomic E-state index is 12.6. The second kappa shape index (κ2) is 6.13. The molecule has 1 aliphatic heterocycles. The average molecular weight is 296 g/mol. The lowest BCUT2D eigenvalue weighted by molar-refractivity contribution is -0.126. The maximum atomic E-state index is 12.6. The Morgan fingerprint density at radius 2 is 2.15 bits per heavy atom. The van der Waals surface area contributed by atoms with Crippen molar-refractivity contribution in [3.8, 4) is 0 Å². The molecule has 0 aliphatic carbocycles. The summed E-state index contributed by atoms with van der Waals surface area (Å²) < 4.78 is 0. The van der Waals surface area contributed by atoms with Crippen LogP contribution in [-0.2, 0) is 4.79 Å². The Morgan fingerprint density at radius 1 is 1.40 bits per heavy atom. The summed E-state index contributed by atoms with van der Waals surface area (Å²) in [6.07, 6.45) is 2.50. The fourth-order valence-electron chi connectivity index (χ4n) is 2.48. The molecular formula is C14H18ClN3O2. The zero-order valence-corrected chi connectivity index (χ0v) is 12.1. The van der Waals surface area contributed by atoms with E-state index in [2.05, 4.69) is 5.32 Å². The van der Waals surface area contributed by atoms with Crippen LogP contribution in [-0.4, -0.2) is 36.3 Å². The van der Waals surface area contributed by atoms with E-state index in [1.807, 2.05) is 0 Å². The quantitative estimate of drug-likeness (QED) is 0.815. The van der Waals surface area contributed by atoms with Crippen molar-refractivity contribution in [1.82, 2.24) is 10.2 Å². The number of likely N-dealkylation sites (tertiary alicyclic amines) is 1. The molecule has 5 nitrogen and oxygen atoms in total. The molecule has 1 atom stereocenters. The van der Waals surface area contributed by atoms with Crippen LogP contribution in [0.5, 0.6) is 0 Å². The van der Waals surface area contributed by atoms with Gasteiger partial charge in [0.1, 0.15) is 6.04 Å². The number of nitrogen functional groups attached to an aromatic ring is 1. The number of nitrogens with zero attached hydrogens (tertiary/aromatic N) is 1. The third-order valence-electron chi connectivity index (χ3n) is 3.56. The molecule has 20 heavy (non-hydrogen) atoms. The number of piperidine rings is 1. The van der Waals surface area contributed by atoms with Crippen LogP contribution < -0.4 is 11.1 Å². The molecule has 1 aliphatic rings. The first-order valence-corrected chi connectivity index (χ1v) is 7.00. The van der Waals surface area contributed by atoms with Crippen molar-refractivity contribution >= 4 is 29.1 Å². The molecular weight excluding hydrogens is 278 g/mol. The summed E-state index contributed by atoms with van der Waals surface area (Å²) in [4.78, 5) is 26.1. The number of amides is 2. The van der Waals surface area contributed by atoms with Gasteiger partial charge < -0.3 is 16.0 Å². The largest absolute Gasteiger partial charge is 0.398 e. The van der Waals surface area contributed by atoms with Crippen LogP contribution in [0.1, 0.15) is 29.6 Å². The van der Waals surface area contributed by atoms with E-state index in [-0.39, 0.29) is 11.8 Å². The highest BCUT2D eigenvalue weighted by atomic mass is 35.5. The van der Waals surface area contributed by atoms with E-state index >= 15 is 0 Å². The van der Waals surface area contributed by atoms with Crippen LogP contribution in [0.4, 0.5) is 5.69 Å². The summed E-state index contributed by atoms with van der Waals surface area (Å²) in [7, 11) is 1.58. The molecule has 1 unspecified atom stereocenters. The molecule has 2 amide bonds. The summed E-state index contributed by atoms with van der Waals surface area (Å²) in [5, 5.41) is 3.06. The van der Waals surface area contributed by atoms with E-state index in [9.17, 15) is 9.59 Å². The molecule has 1 aromatic carbocycles. The van der Waals surface area contributed by atoms with Crippen molar-refractivity contribution < 1.29 is 9.59 Å². The van der Waals surface area contributed by atoms with Crippen LogP contribution in [0.15, 0.2) is 18.2 Å². The monoisotopic (exact) mass is 295 g/mol. The lowest BCUT2D eigenvalue weighted by atomic mass is 9.99. The number of carbonyl (C=O) groups excluding carboxylic acids is 2. The first-order chi connectivity index (χ1) is 9.54. The molecule has 2 rings (SSSR count). The van der Waals surface area contributed by atoms with Gasteiger partial charge in [-0.05, 0) is 37.5 Å². The number of nitrogens with two attached hydrogens (primary N) is 1. The van der Waals surface area contributed by atoms with Crippen molar-refractivity contribution in [2.24, 2.45) is 0 Å². The molecule has 3 N–H and O–H groups in total. The molecule has 0 aromatic heterocycles. The van der Waals surface area contributed by atoms with E-state index in [1.54, 1.807) is 30.1 Å². The minimum absolute atomic E-state index is 0.140. The molecule has 108 valence electrons. The number of anilines is 1. The number of likely N-dealkylation sites (N-methyl/N-ethyl adjacent to an activating group) is 1. The van der Waals surface area contributed by atoms with Gasteiger partial charge in [-0.1, -0.05) is 11.6 Å². The predicted molar refractivity (Wildman–Crippen MR) is 78.6 cm³/mol. The molecule has 0 radical (unpaired) electrons. The fraction of sp³-hybridized carbons (Fsp3) is 0.429. The van der Waals surface area contributed by atoms with Gasteiger partial charge in [-0.3, -0.25) is 9.59 Å². The van der Waals surface area contributed by atoms with Crippen molar-refractivity contribution in [2.45, 2.75) is 25.3 Å². The van der Waals surface area contributed by atoms with Crippen molar-refractivity contribution in [2.75, 3.05) is 19.3 Å². The SMILES string of the molecule is CNC(=O)C1CCCCN1C(=O)c1cc(Cl)ccc1N. The van der Waals surface area contributed by atoms with Gasteiger partial charge in [0.05, 0.1) is 5.56 Å². The van der Waals surface area contributed by atoms with Crippen LogP contribution >= 0.6 is 11.6 Å². The molecule has 6 heteroatoms. The van der Waals surface area contributed by atoms with Crippen LogP contribution in [0.2, 0.25) is 5.02 Å². The van der Waals surface area contributed by atoms with Crippen LogP contribution in [0, 0.1) is 0 Å². The van der Waals surface area contributed by atoms with Crippen LogP contribution in [0.3, 0.4) is 0 Å². The number of nitrogens with one attached hydrogen (secondary N) is 1. The third-order valence-corrected chi connectivity index (χ3v) is 3.79. The fourth-order valence-corrected chi connectivity index (χ4v) is 2.65. The summed E-state index contributed by atoms with van der Waals surface area (Å²) in [6, 6.07) is 4.36. The minimum Gasteiger partial charge on any atom is -0.398 e. The number of hydrogen-bond acceptors (Lipinski definition) is 3. The Labute approximate surface area is 123 Å². The van der Waals surface area contributed by atoms with E-state index in [0.717, 1.165) is 12.8 Å². The van der Waals surface area contributed by atoms with Gasteiger partial charge in [0.2, 0.25) is 5.91 Å². The van der Waals surface area contributed by atoms with Crippen LogP contribution in [0.25, 0.3) is 0 Å². The Balaban J connectivity index is 2.30. The molecule has 0 spiro atoms. The van der Waals surface area contributed by atoms with Gasteiger partial charge in [0, 0.05) is 24.3 Å². The van der Waals surface area contributed by atoms with Gasteiger partial charge in [-0.25, -0.2) is 0 Å². The highest BCUT2D eigenvalue weighted by Gasteiger charge is 2.32. The molecule has 1 aromatic rings. The second-order valence-electron chi connectivity index (χ2n) is 4.86. The Morgan fingerprint density at radius 3 is 2.85 bits per heavy atom. The molecule has 1 fully saturated rings. The summed E-state index contributed by atoms with van der Waals surface area (Å²) in [5.74, 6) is -0.378. The number of hydrogen-bond donors (Lipinski definition) is 2. The smallest absolute Gasteiger partial charge is 0.256 e. The highest BCUT2D eigenvalue weighted by Crippen LogP contribution is 2.24. The normalized spacial score (nSPS) is 18.7. The zero-order chi connectivity index (χ0) is 14.7. The number of benzene rings is 1. The van der Waals surface area contributed by atoms with Gasteiger partial charge in [-0.2, -0.15) is 0 Å². The van der Waals surface area contributed by atoms with E-state index in [1.165, 1.54) is 0 Å². The van der Waals surface area contributed by atoms with E-state index in [4.69, 9.17) is 17.3 Å². The van der Waals surface area contributed by atoms with Gasteiger partial charge in [0.25, 0.3) is 5.91 Å². The van der Waals surface area contributed by atoms with Gasteiger partial charge in [0.15, 0.2) is 0 Å². The lowest BCUT2D eigenvalue weighted by Gasteiger charge is -2.34. The first-order valence-electron chi connectivity index (χ1n) is 6.62. The molecule has 1 heterocycles. The number of rotatable bonds is 2. The maximum Gasteiger partial charge on any atom is 0.256 e. The number of carbonyl (C=O) groups is 2. The lowest BCUT2D eigenvalue weighted by Crippen LogP contribution is -2.51. The van der Waals surface area contributed by atoms with Crippen molar-refractivity contribution in [3.63, 3.8) is 0 Å². The Hall–Kier alpha value is -1.75. The second-order valence-corrected chi connectivity index (χ2v) is 5.29. The first kappa shape index (κ1) is 14.7. The van der Waals surface area contributed by atoms with E-state index in [0.29, 0.717) is 29.2 Å². The minimum atomic E-state index is -0.431. The van der Waals surface area contributed by atoms with Crippen molar-refractivity contribution in [1.29, 1.82) is 0 Å². The van der Waals surface area contributed by atoms with Gasteiger partial charge >= 0.3 is 0 Å². The molecule has 0 saturated carbocycles. The predicted octanol–water partition coefficient (Wildman–Crippen LogP) is 1.66. The summed E-state index contributed by atoms with van der Waals surface area (Å²) in [6.45, 7) is 0.558. The van der Waals surface area contributed by atoms with E-state index < -0.39 is 6.04 Å². The van der Waals surface area contributed by atoms with Gasteiger partial charge in [-0.15, -0.1) is 0 Å². The zero-order valence-electron chi connectivity index (χ0n) is 11.4. The summed E-state index contributed by atoms with van der Waals surface area (Å²) >= 11 is 5.92. The highest BCUT2D eigenvalue weighted by molar-refractivity contribution is 6.31. The Kier molecular flexibility index (Phi) is 4.49. The number of halogens is 1. The topological polar surface area (TPSA) is 75.4 Å². The third kappa shape index (κ3) is 2.88. The van der Waals surface area contributed by atoms with Crippen molar-refractivity contribution in [3.05, 3.63) is 28.8 Å². The summed E-state index contributed by atoms with van der Waals surface area (Å²) in [5.41, 5.74) is 6.57. The molecule has 1 saturated heterocycles. The average Bonchev–Trinajstić information content (AvgIpc) is 2.48. The standard InChI is InChI=1S/C14H18ClN3O2/c1-17-13(19)12-4-2-3-7-18(12)14(20)10-8-9(15)5-6-11(10)16/h5-6,8,12H,2-4,7,16H2,1H3,(H,17,19). The Bertz CT molecular complexity index is 533. The molecule has 0 bridgehead atoms.